The summed E-state index contributed by atoms with van der Waals surface area (Å²) in [6.45, 7) is 1.45. The van der Waals surface area contributed by atoms with Gasteiger partial charge in [-0.25, -0.2) is 0 Å². The van der Waals surface area contributed by atoms with Crippen LogP contribution in [-0.4, -0.2) is 18.9 Å². The number of carbonyl (C=O) groups is 2. The predicted molar refractivity (Wildman–Crippen MR) is 90.7 cm³/mol. The lowest BCUT2D eigenvalue weighted by molar-refractivity contribution is -0.116. The molecule has 5 heteroatoms. The summed E-state index contributed by atoms with van der Waals surface area (Å²) in [5.41, 5.74) is 2.40. The number of anilines is 2. The van der Waals surface area contributed by atoms with Crippen LogP contribution in [-0.2, 0) is 16.0 Å². The van der Waals surface area contributed by atoms with Crippen molar-refractivity contribution in [2.75, 3.05) is 17.7 Å². The van der Waals surface area contributed by atoms with Gasteiger partial charge in [-0.3, -0.25) is 9.59 Å². The van der Waals surface area contributed by atoms with Gasteiger partial charge in [0.15, 0.2) is 0 Å². The number of nitrogens with one attached hydrogen (secondary N) is 2. The highest BCUT2D eigenvalue weighted by molar-refractivity contribution is 5.92. The van der Waals surface area contributed by atoms with E-state index >= 15 is 0 Å². The number of methoxy groups -OCH3 is 1. The zero-order valence-electron chi connectivity index (χ0n) is 13.3. The molecule has 0 saturated heterocycles. The van der Waals surface area contributed by atoms with Gasteiger partial charge in [-0.15, -0.1) is 0 Å². The molecular formula is C18H20N2O3. The molecule has 120 valence electrons. The zero-order valence-corrected chi connectivity index (χ0v) is 13.3. The molecule has 0 spiro atoms. The van der Waals surface area contributed by atoms with Crippen molar-refractivity contribution in [1.82, 2.24) is 0 Å². The van der Waals surface area contributed by atoms with Crippen LogP contribution in [0.15, 0.2) is 48.5 Å². The molecule has 0 aliphatic rings. The first-order valence-corrected chi connectivity index (χ1v) is 7.38. The van der Waals surface area contributed by atoms with Crippen LogP contribution in [0.2, 0.25) is 0 Å². The molecule has 2 aromatic rings. The molecule has 0 unspecified atom stereocenters. The fourth-order valence-corrected chi connectivity index (χ4v) is 2.22. The standard InChI is InChI=1S/C18H20N2O3/c1-13(21)19-15-8-10-16(11-9-15)20-18(22)12-7-14-5-3-4-6-17(14)23-2/h3-6,8-11H,7,12H2,1-2H3,(H,19,21)(H,20,22). The van der Waals surface area contributed by atoms with Crippen molar-refractivity contribution in [3.05, 3.63) is 54.1 Å². The number of hydrogen-bond donors (Lipinski definition) is 2. The summed E-state index contributed by atoms with van der Waals surface area (Å²) < 4.78 is 5.27. The molecule has 0 heterocycles. The van der Waals surface area contributed by atoms with Crippen LogP contribution in [0.4, 0.5) is 11.4 Å². The van der Waals surface area contributed by atoms with Crippen molar-refractivity contribution in [2.24, 2.45) is 0 Å². The van der Waals surface area contributed by atoms with Crippen LogP contribution in [0.5, 0.6) is 5.75 Å². The molecule has 23 heavy (non-hydrogen) atoms. The van der Waals surface area contributed by atoms with Crippen LogP contribution in [0.3, 0.4) is 0 Å². The number of para-hydroxylation sites is 1. The summed E-state index contributed by atoms with van der Waals surface area (Å²) in [6.07, 6.45) is 0.980. The highest BCUT2D eigenvalue weighted by Gasteiger charge is 2.07. The van der Waals surface area contributed by atoms with E-state index in [0.717, 1.165) is 11.3 Å². The minimum Gasteiger partial charge on any atom is -0.496 e. The van der Waals surface area contributed by atoms with E-state index in [1.165, 1.54) is 6.92 Å². The minimum atomic E-state index is -0.126. The second kappa shape index (κ2) is 7.98. The third-order valence-electron chi connectivity index (χ3n) is 3.30. The fourth-order valence-electron chi connectivity index (χ4n) is 2.22. The van der Waals surface area contributed by atoms with Crippen LogP contribution in [0, 0.1) is 0 Å². The van der Waals surface area contributed by atoms with Gasteiger partial charge in [0.1, 0.15) is 5.75 Å². The Hall–Kier alpha value is -2.82. The molecule has 0 fully saturated rings. The summed E-state index contributed by atoms with van der Waals surface area (Å²) in [5.74, 6) is 0.599. The number of amides is 2. The van der Waals surface area contributed by atoms with E-state index in [2.05, 4.69) is 10.6 Å². The zero-order chi connectivity index (χ0) is 16.7. The molecule has 2 amide bonds. The summed E-state index contributed by atoms with van der Waals surface area (Å²) >= 11 is 0. The number of carbonyl (C=O) groups excluding carboxylic acids is 2. The first-order valence-electron chi connectivity index (χ1n) is 7.38. The fraction of sp³-hybridized carbons (Fsp3) is 0.222. The molecule has 0 radical (unpaired) electrons. The largest absolute Gasteiger partial charge is 0.496 e. The SMILES string of the molecule is COc1ccccc1CCC(=O)Nc1ccc(NC(C)=O)cc1. The van der Waals surface area contributed by atoms with Crippen molar-refractivity contribution >= 4 is 23.2 Å². The average Bonchev–Trinajstić information content (AvgIpc) is 2.54. The second-order valence-corrected chi connectivity index (χ2v) is 5.12. The Kier molecular flexibility index (Phi) is 5.74. The smallest absolute Gasteiger partial charge is 0.224 e. The molecular weight excluding hydrogens is 292 g/mol. The maximum absolute atomic E-state index is 12.0. The highest BCUT2D eigenvalue weighted by Crippen LogP contribution is 2.19. The van der Waals surface area contributed by atoms with E-state index in [1.807, 2.05) is 24.3 Å². The lowest BCUT2D eigenvalue weighted by Gasteiger charge is -2.09. The summed E-state index contributed by atoms with van der Waals surface area (Å²) in [6, 6.07) is 14.7. The number of aryl methyl sites for hydroxylation is 1. The number of ether oxygens (including phenoxy) is 1. The molecule has 0 aromatic heterocycles. The van der Waals surface area contributed by atoms with Crippen molar-refractivity contribution in [3.63, 3.8) is 0 Å². The van der Waals surface area contributed by atoms with Gasteiger partial charge in [0.25, 0.3) is 0 Å². The van der Waals surface area contributed by atoms with E-state index < -0.39 is 0 Å². The van der Waals surface area contributed by atoms with Gasteiger partial charge in [-0.05, 0) is 42.3 Å². The Labute approximate surface area is 135 Å². The molecule has 2 aromatic carbocycles. The monoisotopic (exact) mass is 312 g/mol. The highest BCUT2D eigenvalue weighted by atomic mass is 16.5. The quantitative estimate of drug-likeness (QED) is 0.860. The summed E-state index contributed by atoms with van der Waals surface area (Å²) in [5, 5.41) is 5.52. The van der Waals surface area contributed by atoms with Crippen LogP contribution in [0.1, 0.15) is 18.9 Å². The second-order valence-electron chi connectivity index (χ2n) is 5.12. The normalized spacial score (nSPS) is 10.0. The van der Waals surface area contributed by atoms with Crippen molar-refractivity contribution in [3.8, 4) is 5.75 Å². The van der Waals surface area contributed by atoms with Gasteiger partial charge in [0.05, 0.1) is 7.11 Å². The third-order valence-corrected chi connectivity index (χ3v) is 3.30. The van der Waals surface area contributed by atoms with Gasteiger partial charge in [0.2, 0.25) is 11.8 Å². The predicted octanol–water partition coefficient (Wildman–Crippen LogP) is 3.22. The molecule has 2 N–H and O–H groups in total. The molecule has 2 rings (SSSR count). The average molecular weight is 312 g/mol. The third kappa shape index (κ3) is 5.14. The maximum atomic E-state index is 12.0. The first kappa shape index (κ1) is 16.5. The van der Waals surface area contributed by atoms with E-state index in [0.29, 0.717) is 24.2 Å². The molecule has 0 aliphatic heterocycles. The van der Waals surface area contributed by atoms with E-state index in [4.69, 9.17) is 4.74 Å². The first-order chi connectivity index (χ1) is 11.1. The maximum Gasteiger partial charge on any atom is 0.224 e. The van der Waals surface area contributed by atoms with Crippen molar-refractivity contribution in [2.45, 2.75) is 19.8 Å². The van der Waals surface area contributed by atoms with Crippen molar-refractivity contribution in [1.29, 1.82) is 0 Å². The number of benzene rings is 2. The molecule has 0 atom stereocenters. The number of rotatable bonds is 6. The summed E-state index contributed by atoms with van der Waals surface area (Å²) in [4.78, 5) is 23.0. The molecule has 5 nitrogen and oxygen atoms in total. The Balaban J connectivity index is 1.88. The van der Waals surface area contributed by atoms with Crippen LogP contribution >= 0.6 is 0 Å². The van der Waals surface area contributed by atoms with Gasteiger partial charge < -0.3 is 15.4 Å². The Morgan fingerprint density at radius 1 is 0.957 bits per heavy atom. The Bertz CT molecular complexity index is 681. The van der Waals surface area contributed by atoms with Gasteiger partial charge in [-0.1, -0.05) is 18.2 Å². The topological polar surface area (TPSA) is 67.4 Å². The van der Waals surface area contributed by atoms with Gasteiger partial charge >= 0.3 is 0 Å². The number of hydrogen-bond acceptors (Lipinski definition) is 3. The van der Waals surface area contributed by atoms with Crippen molar-refractivity contribution < 1.29 is 14.3 Å². The van der Waals surface area contributed by atoms with Gasteiger partial charge in [0, 0.05) is 24.7 Å². The minimum absolute atomic E-state index is 0.0665. The molecule has 0 saturated carbocycles. The lowest BCUT2D eigenvalue weighted by Crippen LogP contribution is -2.12. The van der Waals surface area contributed by atoms with Gasteiger partial charge in [-0.2, -0.15) is 0 Å². The van der Waals surface area contributed by atoms with E-state index in [-0.39, 0.29) is 11.8 Å². The van der Waals surface area contributed by atoms with E-state index in [1.54, 1.807) is 31.4 Å². The molecule has 0 bridgehead atoms. The Morgan fingerprint density at radius 2 is 1.57 bits per heavy atom. The molecule has 0 aliphatic carbocycles. The van der Waals surface area contributed by atoms with E-state index in [9.17, 15) is 9.59 Å². The Morgan fingerprint density at radius 3 is 2.17 bits per heavy atom. The summed E-state index contributed by atoms with van der Waals surface area (Å²) in [7, 11) is 1.62. The lowest BCUT2D eigenvalue weighted by atomic mass is 10.1. The van der Waals surface area contributed by atoms with Crippen LogP contribution < -0.4 is 15.4 Å². The van der Waals surface area contributed by atoms with Crippen LogP contribution in [0.25, 0.3) is 0 Å².